The van der Waals surface area contributed by atoms with Gasteiger partial charge in [-0.3, -0.25) is 24.2 Å². The normalized spacial score (nSPS) is 24.5. The van der Waals surface area contributed by atoms with Gasteiger partial charge in [-0.1, -0.05) is 12.2 Å². The van der Waals surface area contributed by atoms with Crippen LogP contribution in [0.1, 0.15) is 19.3 Å². The molecule has 1 saturated heterocycles. The Hall–Kier alpha value is -1.98. The predicted octanol–water partition coefficient (Wildman–Crippen LogP) is 0.578. The van der Waals surface area contributed by atoms with Crippen molar-refractivity contribution >= 4 is 23.6 Å². The van der Waals surface area contributed by atoms with Crippen LogP contribution in [-0.2, 0) is 14.4 Å². The maximum atomic E-state index is 12.1. The predicted molar refractivity (Wildman–Crippen MR) is 65.9 cm³/mol. The van der Waals surface area contributed by atoms with E-state index in [0.29, 0.717) is 0 Å². The van der Waals surface area contributed by atoms with Crippen molar-refractivity contribution in [2.24, 2.45) is 11.8 Å². The molecule has 6 nitrogen and oxygen atoms in total. The first-order valence-electron chi connectivity index (χ1n) is 6.22. The lowest BCUT2D eigenvalue weighted by Crippen LogP contribution is -2.59. The van der Waals surface area contributed by atoms with Gasteiger partial charge in [0.15, 0.2) is 11.7 Å². The van der Waals surface area contributed by atoms with Crippen LogP contribution in [0, 0.1) is 11.8 Å². The molecule has 19 heavy (non-hydrogen) atoms. The molecule has 2 rings (SSSR count). The van der Waals surface area contributed by atoms with E-state index in [4.69, 9.17) is 0 Å². The van der Waals surface area contributed by atoms with Crippen molar-refractivity contribution in [3.63, 3.8) is 0 Å². The first-order valence-corrected chi connectivity index (χ1v) is 6.22. The number of Topliss-reactive ketones (excluding diaryl/α,β-unsaturated/α-hetero) is 1. The Bertz CT molecular complexity index is 459. The largest absolute Gasteiger partial charge is 0.332 e. The number of barbiturate groups is 1. The van der Waals surface area contributed by atoms with Crippen molar-refractivity contribution in [2.45, 2.75) is 19.3 Å². The summed E-state index contributed by atoms with van der Waals surface area (Å²) in [5, 5.41) is 0. The van der Waals surface area contributed by atoms with Crippen LogP contribution in [0.3, 0.4) is 0 Å². The number of carbonyl (C=O) groups is 4. The minimum atomic E-state index is -1.36. The maximum Gasteiger partial charge on any atom is 0.332 e. The van der Waals surface area contributed by atoms with Gasteiger partial charge in [-0.15, -0.1) is 0 Å². The average Bonchev–Trinajstić information content (AvgIpc) is 2.87. The Morgan fingerprint density at radius 2 is 1.79 bits per heavy atom. The molecule has 1 heterocycles. The molecule has 6 heteroatoms. The molecule has 0 radical (unpaired) electrons. The number of imide groups is 2. The van der Waals surface area contributed by atoms with E-state index in [1.165, 1.54) is 14.1 Å². The van der Waals surface area contributed by atoms with Gasteiger partial charge in [0, 0.05) is 20.5 Å². The molecule has 0 aromatic carbocycles. The Kier molecular flexibility index (Phi) is 3.50. The van der Waals surface area contributed by atoms with Crippen LogP contribution in [-0.4, -0.2) is 47.5 Å². The summed E-state index contributed by atoms with van der Waals surface area (Å²) in [4.78, 5) is 49.2. The second-order valence-corrected chi connectivity index (χ2v) is 4.95. The van der Waals surface area contributed by atoms with Crippen molar-refractivity contribution < 1.29 is 19.2 Å². The Morgan fingerprint density at radius 3 is 2.26 bits per heavy atom. The summed E-state index contributed by atoms with van der Waals surface area (Å²) >= 11 is 0. The quantitative estimate of drug-likeness (QED) is 0.552. The number of rotatable bonds is 3. The van der Waals surface area contributed by atoms with Crippen LogP contribution in [0.5, 0.6) is 0 Å². The van der Waals surface area contributed by atoms with E-state index in [1.807, 2.05) is 12.2 Å². The van der Waals surface area contributed by atoms with Gasteiger partial charge >= 0.3 is 6.03 Å². The number of hydrogen-bond donors (Lipinski definition) is 0. The van der Waals surface area contributed by atoms with Crippen molar-refractivity contribution in [1.29, 1.82) is 0 Å². The molecular formula is C13H16N2O4. The van der Waals surface area contributed by atoms with Crippen molar-refractivity contribution in [3.8, 4) is 0 Å². The number of ketones is 1. The number of nitrogens with zero attached hydrogens (tertiary/aromatic N) is 2. The molecule has 1 fully saturated rings. The van der Waals surface area contributed by atoms with Crippen LogP contribution < -0.4 is 0 Å². The highest BCUT2D eigenvalue weighted by atomic mass is 16.2. The third-order valence-corrected chi connectivity index (χ3v) is 3.63. The molecule has 2 aliphatic rings. The zero-order valence-corrected chi connectivity index (χ0v) is 11.0. The van der Waals surface area contributed by atoms with Crippen LogP contribution in [0.25, 0.3) is 0 Å². The highest BCUT2D eigenvalue weighted by molar-refractivity contribution is 6.26. The van der Waals surface area contributed by atoms with Gasteiger partial charge in [-0.2, -0.15) is 0 Å². The molecule has 0 spiro atoms. The monoisotopic (exact) mass is 264 g/mol. The average molecular weight is 264 g/mol. The van der Waals surface area contributed by atoms with Gasteiger partial charge in [0.2, 0.25) is 0 Å². The first kappa shape index (κ1) is 13.5. The summed E-state index contributed by atoms with van der Waals surface area (Å²) in [6, 6.07) is -0.695. The number of amides is 4. The van der Waals surface area contributed by atoms with Crippen LogP contribution in [0.2, 0.25) is 0 Å². The van der Waals surface area contributed by atoms with Crippen LogP contribution in [0.4, 0.5) is 4.79 Å². The molecule has 1 atom stereocenters. The standard InChI is InChI=1S/C13H16N2O4/c1-14-11(17)10(12(18)15(2)13(14)19)9(16)7-8-5-3-4-6-8/h3,5,8,10H,4,6-7H2,1-2H3/t8-/m0/s1. The highest BCUT2D eigenvalue weighted by Gasteiger charge is 2.46. The summed E-state index contributed by atoms with van der Waals surface area (Å²) in [5.74, 6) is -3.11. The molecule has 0 saturated carbocycles. The van der Waals surface area contributed by atoms with Gasteiger partial charge in [0.05, 0.1) is 0 Å². The van der Waals surface area contributed by atoms with E-state index in [0.717, 1.165) is 22.6 Å². The maximum absolute atomic E-state index is 12.1. The van der Waals surface area contributed by atoms with Gasteiger partial charge in [-0.25, -0.2) is 4.79 Å². The van der Waals surface area contributed by atoms with E-state index in [1.54, 1.807) is 0 Å². The summed E-state index contributed by atoms with van der Waals surface area (Å²) in [6.45, 7) is 0. The fourth-order valence-electron chi connectivity index (χ4n) is 2.42. The van der Waals surface area contributed by atoms with E-state index in [2.05, 4.69) is 0 Å². The lowest BCUT2D eigenvalue weighted by Gasteiger charge is -2.32. The fraction of sp³-hybridized carbons (Fsp3) is 0.538. The fourth-order valence-corrected chi connectivity index (χ4v) is 2.42. The number of urea groups is 1. The molecule has 0 aromatic heterocycles. The minimum absolute atomic E-state index is 0.0985. The van der Waals surface area contributed by atoms with Crippen molar-refractivity contribution in [1.82, 2.24) is 9.80 Å². The topological polar surface area (TPSA) is 74.8 Å². The number of carbonyl (C=O) groups excluding carboxylic acids is 4. The summed E-state index contributed by atoms with van der Waals surface area (Å²) < 4.78 is 0. The van der Waals surface area contributed by atoms with E-state index >= 15 is 0 Å². The second kappa shape index (κ2) is 4.95. The third kappa shape index (κ3) is 2.30. The molecular weight excluding hydrogens is 248 g/mol. The molecule has 0 N–H and O–H groups in total. The zero-order chi connectivity index (χ0) is 14.2. The molecule has 1 aliphatic heterocycles. The SMILES string of the molecule is CN1C(=O)C(C(=O)C[C@H]2C=CCC2)C(=O)N(C)C1=O. The van der Waals surface area contributed by atoms with Gasteiger partial charge in [0.1, 0.15) is 0 Å². The summed E-state index contributed by atoms with van der Waals surface area (Å²) in [7, 11) is 2.56. The molecule has 4 amide bonds. The molecule has 0 unspecified atom stereocenters. The zero-order valence-electron chi connectivity index (χ0n) is 11.0. The summed E-state index contributed by atoms with van der Waals surface area (Å²) in [5.41, 5.74) is 0. The number of hydrogen-bond acceptors (Lipinski definition) is 4. The molecule has 102 valence electrons. The van der Waals surface area contributed by atoms with E-state index in [9.17, 15) is 19.2 Å². The third-order valence-electron chi connectivity index (χ3n) is 3.63. The smallest absolute Gasteiger partial charge is 0.298 e. The van der Waals surface area contributed by atoms with Crippen molar-refractivity contribution in [2.75, 3.05) is 14.1 Å². The molecule has 0 aromatic rings. The first-order chi connectivity index (χ1) is 8.93. The van der Waals surface area contributed by atoms with Crippen LogP contribution in [0.15, 0.2) is 12.2 Å². The Labute approximate surface area is 111 Å². The van der Waals surface area contributed by atoms with Crippen molar-refractivity contribution in [3.05, 3.63) is 12.2 Å². The summed E-state index contributed by atoms with van der Waals surface area (Å²) in [6.07, 6.45) is 5.89. The second-order valence-electron chi connectivity index (χ2n) is 4.95. The highest BCUT2D eigenvalue weighted by Crippen LogP contribution is 2.25. The van der Waals surface area contributed by atoms with E-state index < -0.39 is 29.5 Å². The number of allylic oxidation sites excluding steroid dienone is 2. The van der Waals surface area contributed by atoms with Gasteiger partial charge in [0.25, 0.3) is 11.8 Å². The molecule has 0 bridgehead atoms. The van der Waals surface area contributed by atoms with Gasteiger partial charge in [-0.05, 0) is 18.8 Å². The lowest BCUT2D eigenvalue weighted by atomic mass is 9.91. The Balaban J connectivity index is 2.15. The van der Waals surface area contributed by atoms with Crippen LogP contribution >= 0.6 is 0 Å². The Morgan fingerprint density at radius 1 is 1.21 bits per heavy atom. The minimum Gasteiger partial charge on any atom is -0.298 e. The molecule has 1 aliphatic carbocycles. The van der Waals surface area contributed by atoms with Gasteiger partial charge < -0.3 is 0 Å². The lowest BCUT2D eigenvalue weighted by molar-refractivity contribution is -0.152. The van der Waals surface area contributed by atoms with E-state index in [-0.39, 0.29) is 12.3 Å².